The Labute approximate surface area is 112 Å². The van der Waals surface area contributed by atoms with Crippen LogP contribution in [0.3, 0.4) is 0 Å². The summed E-state index contributed by atoms with van der Waals surface area (Å²) in [7, 11) is 0. The zero-order valence-electron chi connectivity index (χ0n) is 10.5. The molecule has 0 saturated carbocycles. The van der Waals surface area contributed by atoms with Crippen molar-refractivity contribution in [1.29, 1.82) is 5.26 Å². The Balaban J connectivity index is 2.28. The van der Waals surface area contributed by atoms with Gasteiger partial charge in [0, 0.05) is 6.42 Å². The number of nitriles is 1. The second-order valence-corrected chi connectivity index (χ2v) is 4.55. The fourth-order valence-electron chi connectivity index (χ4n) is 2.24. The van der Waals surface area contributed by atoms with E-state index in [4.69, 9.17) is 5.26 Å². The Morgan fingerprint density at radius 2 is 1.95 bits per heavy atom. The SMILES string of the molecule is N#CCCCC(C(=O)O)c1ccc2ccccc2c1. The molecule has 1 atom stereocenters. The predicted molar refractivity (Wildman–Crippen MR) is 73.8 cm³/mol. The fraction of sp³-hybridized carbons (Fsp3) is 0.250. The van der Waals surface area contributed by atoms with Crippen LogP contribution in [0.25, 0.3) is 10.8 Å². The van der Waals surface area contributed by atoms with Gasteiger partial charge in [-0.05, 0) is 29.2 Å². The smallest absolute Gasteiger partial charge is 0.310 e. The van der Waals surface area contributed by atoms with E-state index in [1.807, 2.05) is 42.5 Å². The molecule has 0 spiro atoms. The van der Waals surface area contributed by atoms with Crippen LogP contribution in [0.2, 0.25) is 0 Å². The number of nitrogens with zero attached hydrogens (tertiary/aromatic N) is 1. The van der Waals surface area contributed by atoms with Crippen LogP contribution in [-0.2, 0) is 4.79 Å². The maximum atomic E-state index is 11.3. The maximum absolute atomic E-state index is 11.3. The fourth-order valence-corrected chi connectivity index (χ4v) is 2.24. The van der Waals surface area contributed by atoms with Crippen LogP contribution < -0.4 is 0 Å². The van der Waals surface area contributed by atoms with Gasteiger partial charge < -0.3 is 5.11 Å². The molecule has 96 valence electrons. The molecule has 0 radical (unpaired) electrons. The Morgan fingerprint density at radius 1 is 1.21 bits per heavy atom. The summed E-state index contributed by atoms with van der Waals surface area (Å²) in [6, 6.07) is 15.7. The molecule has 1 unspecified atom stereocenters. The number of rotatable bonds is 5. The van der Waals surface area contributed by atoms with Gasteiger partial charge in [0.1, 0.15) is 0 Å². The van der Waals surface area contributed by atoms with Gasteiger partial charge in [-0.3, -0.25) is 4.79 Å². The van der Waals surface area contributed by atoms with Crippen molar-refractivity contribution in [2.24, 2.45) is 0 Å². The summed E-state index contributed by atoms with van der Waals surface area (Å²) < 4.78 is 0. The number of carboxylic acid groups (broad SMARTS) is 1. The number of carboxylic acids is 1. The predicted octanol–water partition coefficient (Wildman–Crippen LogP) is 3.70. The zero-order chi connectivity index (χ0) is 13.7. The van der Waals surface area contributed by atoms with Crippen LogP contribution in [0.4, 0.5) is 0 Å². The normalized spacial score (nSPS) is 11.9. The number of benzene rings is 2. The molecule has 0 aliphatic heterocycles. The van der Waals surface area contributed by atoms with Gasteiger partial charge in [-0.25, -0.2) is 0 Å². The molecule has 19 heavy (non-hydrogen) atoms. The molecule has 3 nitrogen and oxygen atoms in total. The molecular weight excluding hydrogens is 238 g/mol. The first-order chi connectivity index (χ1) is 9.22. The zero-order valence-corrected chi connectivity index (χ0v) is 10.5. The van der Waals surface area contributed by atoms with E-state index < -0.39 is 11.9 Å². The summed E-state index contributed by atoms with van der Waals surface area (Å²) in [4.78, 5) is 11.3. The molecular formula is C16H15NO2. The van der Waals surface area contributed by atoms with Gasteiger partial charge in [0.15, 0.2) is 0 Å². The molecule has 0 amide bonds. The van der Waals surface area contributed by atoms with Crippen LogP contribution in [0.1, 0.15) is 30.7 Å². The van der Waals surface area contributed by atoms with Gasteiger partial charge in [0.25, 0.3) is 0 Å². The lowest BCUT2D eigenvalue weighted by molar-refractivity contribution is -0.139. The lowest BCUT2D eigenvalue weighted by Crippen LogP contribution is -2.11. The van der Waals surface area contributed by atoms with Crippen LogP contribution in [-0.4, -0.2) is 11.1 Å². The summed E-state index contributed by atoms with van der Waals surface area (Å²) in [6.45, 7) is 0. The molecule has 0 saturated heterocycles. The van der Waals surface area contributed by atoms with Gasteiger partial charge in [-0.1, -0.05) is 42.5 Å². The van der Waals surface area contributed by atoms with Crippen LogP contribution in [0.5, 0.6) is 0 Å². The second-order valence-electron chi connectivity index (χ2n) is 4.55. The highest BCUT2D eigenvalue weighted by atomic mass is 16.4. The molecule has 0 heterocycles. The molecule has 0 fully saturated rings. The maximum Gasteiger partial charge on any atom is 0.310 e. The van der Waals surface area contributed by atoms with E-state index in [1.54, 1.807) is 0 Å². The third-order valence-electron chi connectivity index (χ3n) is 3.26. The average Bonchev–Trinajstić information content (AvgIpc) is 2.43. The first-order valence-electron chi connectivity index (χ1n) is 6.31. The standard InChI is InChI=1S/C16H15NO2/c17-10-4-3-7-15(16(18)19)14-9-8-12-5-1-2-6-13(12)11-14/h1-2,5-6,8-9,11,15H,3-4,7H2,(H,18,19). The van der Waals surface area contributed by atoms with Crippen molar-refractivity contribution in [3.63, 3.8) is 0 Å². The number of unbranched alkanes of at least 4 members (excludes halogenated alkanes) is 1. The lowest BCUT2D eigenvalue weighted by Gasteiger charge is -2.12. The summed E-state index contributed by atoms with van der Waals surface area (Å²) in [5.74, 6) is -1.36. The second kappa shape index (κ2) is 6.01. The summed E-state index contributed by atoms with van der Waals surface area (Å²) in [5.41, 5.74) is 0.809. The van der Waals surface area contributed by atoms with Crippen LogP contribution in [0, 0.1) is 11.3 Å². The van der Waals surface area contributed by atoms with Crippen molar-refractivity contribution in [3.05, 3.63) is 48.0 Å². The molecule has 3 heteroatoms. The summed E-state index contributed by atoms with van der Waals surface area (Å²) in [6.07, 6.45) is 1.51. The molecule has 0 aliphatic carbocycles. The van der Waals surface area contributed by atoms with E-state index in [9.17, 15) is 9.90 Å². The van der Waals surface area contributed by atoms with E-state index in [-0.39, 0.29) is 0 Å². The van der Waals surface area contributed by atoms with Crippen molar-refractivity contribution >= 4 is 16.7 Å². The molecule has 0 bridgehead atoms. The van der Waals surface area contributed by atoms with Crippen molar-refractivity contribution in [2.75, 3.05) is 0 Å². The van der Waals surface area contributed by atoms with Gasteiger partial charge >= 0.3 is 5.97 Å². The lowest BCUT2D eigenvalue weighted by atomic mass is 9.92. The Hall–Kier alpha value is -2.34. The molecule has 0 aromatic heterocycles. The Kier molecular flexibility index (Phi) is 4.15. The first kappa shape index (κ1) is 13.1. The monoisotopic (exact) mass is 253 g/mol. The molecule has 2 aromatic rings. The molecule has 2 aromatic carbocycles. The van der Waals surface area contributed by atoms with Crippen molar-refractivity contribution < 1.29 is 9.90 Å². The van der Waals surface area contributed by atoms with E-state index in [0.29, 0.717) is 19.3 Å². The van der Waals surface area contributed by atoms with Crippen molar-refractivity contribution in [1.82, 2.24) is 0 Å². The number of carbonyl (C=O) groups is 1. The number of fused-ring (bicyclic) bond motifs is 1. The minimum atomic E-state index is -0.826. The van der Waals surface area contributed by atoms with Gasteiger partial charge in [0.05, 0.1) is 12.0 Å². The van der Waals surface area contributed by atoms with Gasteiger partial charge in [0.2, 0.25) is 0 Å². The molecule has 1 N–H and O–H groups in total. The Morgan fingerprint density at radius 3 is 2.63 bits per heavy atom. The third-order valence-corrected chi connectivity index (χ3v) is 3.26. The quantitative estimate of drug-likeness (QED) is 0.826. The minimum absolute atomic E-state index is 0.400. The van der Waals surface area contributed by atoms with E-state index in [0.717, 1.165) is 16.3 Å². The highest BCUT2D eigenvalue weighted by molar-refractivity contribution is 5.85. The van der Waals surface area contributed by atoms with Crippen molar-refractivity contribution in [2.45, 2.75) is 25.2 Å². The van der Waals surface area contributed by atoms with E-state index in [1.165, 1.54) is 0 Å². The molecule has 2 rings (SSSR count). The highest BCUT2D eigenvalue weighted by Gasteiger charge is 2.19. The van der Waals surface area contributed by atoms with E-state index in [2.05, 4.69) is 6.07 Å². The largest absolute Gasteiger partial charge is 0.481 e. The number of hydrogen-bond donors (Lipinski definition) is 1. The Bertz CT molecular complexity index is 628. The van der Waals surface area contributed by atoms with Gasteiger partial charge in [-0.15, -0.1) is 0 Å². The average molecular weight is 253 g/mol. The number of hydrogen-bond acceptors (Lipinski definition) is 2. The molecule has 0 aliphatic rings. The van der Waals surface area contributed by atoms with Crippen LogP contribution in [0.15, 0.2) is 42.5 Å². The first-order valence-corrected chi connectivity index (χ1v) is 6.31. The number of aliphatic carboxylic acids is 1. The highest BCUT2D eigenvalue weighted by Crippen LogP contribution is 2.26. The van der Waals surface area contributed by atoms with E-state index >= 15 is 0 Å². The summed E-state index contributed by atoms with van der Waals surface area (Å²) in [5, 5.41) is 20.0. The van der Waals surface area contributed by atoms with Gasteiger partial charge in [-0.2, -0.15) is 5.26 Å². The topological polar surface area (TPSA) is 61.1 Å². The van der Waals surface area contributed by atoms with Crippen LogP contribution >= 0.6 is 0 Å². The van der Waals surface area contributed by atoms with Crippen molar-refractivity contribution in [3.8, 4) is 6.07 Å². The third kappa shape index (κ3) is 3.11. The summed E-state index contributed by atoms with van der Waals surface area (Å²) >= 11 is 0. The minimum Gasteiger partial charge on any atom is -0.481 e.